The van der Waals surface area contributed by atoms with E-state index in [4.69, 9.17) is 24.1 Å². The van der Waals surface area contributed by atoms with Gasteiger partial charge in [0.05, 0.1) is 11.4 Å². The van der Waals surface area contributed by atoms with Gasteiger partial charge in [0.2, 0.25) is 5.95 Å². The number of benzene rings is 10. The third-order valence-corrected chi connectivity index (χ3v) is 12.5. The van der Waals surface area contributed by atoms with E-state index in [1.165, 1.54) is 32.5 Å². The summed E-state index contributed by atoms with van der Waals surface area (Å²) in [6.07, 6.45) is 0. The minimum Gasteiger partial charge on any atom is -0.456 e. The van der Waals surface area contributed by atoms with Crippen LogP contribution < -0.4 is 9.64 Å². The molecule has 64 heavy (non-hydrogen) atoms. The molecule has 1 aliphatic heterocycles. The van der Waals surface area contributed by atoms with E-state index >= 15 is 0 Å². The number of furan rings is 1. The molecule has 10 aromatic carbocycles. The molecule has 0 saturated carbocycles. The first-order valence-electron chi connectivity index (χ1n) is 21.5. The molecule has 0 unspecified atom stereocenters. The lowest BCUT2D eigenvalue weighted by Gasteiger charge is -2.31. The van der Waals surface area contributed by atoms with Crippen LogP contribution in [0.25, 0.3) is 99.3 Å². The fourth-order valence-corrected chi connectivity index (χ4v) is 9.46. The summed E-state index contributed by atoms with van der Waals surface area (Å²) in [6, 6.07) is 69.6. The molecule has 0 spiro atoms. The number of hydrogen-bond acceptors (Lipinski definition) is 6. The molecule has 13 rings (SSSR count). The predicted molar refractivity (Wildman–Crippen MR) is 261 cm³/mol. The van der Waals surface area contributed by atoms with Gasteiger partial charge in [0.1, 0.15) is 11.2 Å². The Hall–Kier alpha value is -8.61. The Morgan fingerprint density at radius 3 is 1.56 bits per heavy atom. The van der Waals surface area contributed by atoms with Crippen molar-refractivity contribution in [3.63, 3.8) is 0 Å². The quantitative estimate of drug-likeness (QED) is 0.161. The molecule has 6 nitrogen and oxygen atoms in total. The molecule has 3 heterocycles. The van der Waals surface area contributed by atoms with E-state index in [2.05, 4.69) is 176 Å². The molecular weight excluding hydrogens is 785 g/mol. The van der Waals surface area contributed by atoms with Crippen LogP contribution >= 0.6 is 0 Å². The fraction of sp³-hybridized carbons (Fsp3) is 0.0172. The topological polar surface area (TPSA) is 64.3 Å². The number of anilines is 3. The van der Waals surface area contributed by atoms with Gasteiger partial charge in [-0.25, -0.2) is 4.98 Å². The van der Waals surface area contributed by atoms with Gasteiger partial charge in [0.15, 0.2) is 23.1 Å². The highest BCUT2D eigenvalue weighted by atomic mass is 16.5. The van der Waals surface area contributed by atoms with E-state index in [0.717, 1.165) is 72.1 Å². The van der Waals surface area contributed by atoms with Crippen LogP contribution in [0.1, 0.15) is 5.56 Å². The Bertz CT molecular complexity index is 3740. The van der Waals surface area contributed by atoms with Crippen molar-refractivity contribution in [1.82, 2.24) is 15.0 Å². The summed E-state index contributed by atoms with van der Waals surface area (Å²) >= 11 is 0. The van der Waals surface area contributed by atoms with Crippen molar-refractivity contribution in [1.29, 1.82) is 0 Å². The molecule has 6 heteroatoms. The van der Waals surface area contributed by atoms with Crippen LogP contribution in [-0.4, -0.2) is 15.0 Å². The molecule has 2 aromatic heterocycles. The van der Waals surface area contributed by atoms with Gasteiger partial charge in [-0.1, -0.05) is 157 Å². The predicted octanol–water partition coefficient (Wildman–Crippen LogP) is 15.8. The standard InChI is InChI=1S/C58H36N4O2/c1-35-26-27-44-45(28-35)42-22-8-9-23-43(42)46-31-48-49-33-55-51(34-54(49)64-53(48)32-47(44)46)62(50-24-10-11-25-52(50)63-55)58-60-56(40-20-12-18-38(29-40)36-14-4-2-5-15-36)59-57(61-58)41-21-13-19-39(30-41)37-16-6-3-7-17-37/h2-34H,1H3. The second-order valence-corrected chi connectivity index (χ2v) is 16.5. The highest BCUT2D eigenvalue weighted by molar-refractivity contribution is 6.28. The number of ether oxygens (including phenoxy) is 1. The Morgan fingerprint density at radius 2 is 0.875 bits per heavy atom. The van der Waals surface area contributed by atoms with Crippen molar-refractivity contribution in [3.8, 4) is 56.5 Å². The average Bonchev–Trinajstić information content (AvgIpc) is 3.71. The van der Waals surface area contributed by atoms with Crippen LogP contribution in [0.3, 0.4) is 0 Å². The van der Waals surface area contributed by atoms with Gasteiger partial charge in [-0.05, 0) is 104 Å². The van der Waals surface area contributed by atoms with Gasteiger partial charge in [0, 0.05) is 28.0 Å². The Balaban J connectivity index is 1.03. The molecule has 0 atom stereocenters. The third kappa shape index (κ3) is 5.84. The zero-order chi connectivity index (χ0) is 42.3. The van der Waals surface area contributed by atoms with Crippen LogP contribution in [0.15, 0.2) is 205 Å². The van der Waals surface area contributed by atoms with Crippen LogP contribution in [0.5, 0.6) is 11.5 Å². The van der Waals surface area contributed by atoms with Crippen LogP contribution in [-0.2, 0) is 0 Å². The number of nitrogens with zero attached hydrogens (tertiary/aromatic N) is 4. The fourth-order valence-electron chi connectivity index (χ4n) is 9.46. The molecule has 0 N–H and O–H groups in total. The molecular formula is C58H36N4O2. The smallest absolute Gasteiger partial charge is 0.239 e. The number of rotatable bonds is 5. The Kier molecular flexibility index (Phi) is 8.02. The van der Waals surface area contributed by atoms with Crippen molar-refractivity contribution in [2.45, 2.75) is 6.92 Å². The van der Waals surface area contributed by atoms with E-state index in [0.29, 0.717) is 29.1 Å². The first-order valence-corrected chi connectivity index (χ1v) is 21.5. The van der Waals surface area contributed by atoms with Crippen LogP contribution in [0, 0.1) is 6.92 Å². The normalized spacial score (nSPS) is 12.2. The molecule has 0 amide bonds. The Labute approximate surface area is 368 Å². The van der Waals surface area contributed by atoms with Crippen molar-refractivity contribution >= 4 is 71.6 Å². The van der Waals surface area contributed by atoms with Crippen LogP contribution in [0.2, 0.25) is 0 Å². The molecule has 0 radical (unpaired) electrons. The zero-order valence-corrected chi connectivity index (χ0v) is 34.7. The van der Waals surface area contributed by atoms with E-state index in [-0.39, 0.29) is 0 Å². The van der Waals surface area contributed by atoms with Gasteiger partial charge >= 0.3 is 0 Å². The van der Waals surface area contributed by atoms with Crippen molar-refractivity contribution < 1.29 is 9.15 Å². The Morgan fingerprint density at radius 1 is 0.344 bits per heavy atom. The first-order chi connectivity index (χ1) is 31.6. The SMILES string of the molecule is Cc1ccc2c(c1)c1ccccc1c1cc3c(cc21)oc1cc2c(cc13)Oc1ccccc1N2c1nc(-c2cccc(-c3ccccc3)c2)nc(-c2cccc(-c3ccccc3)c2)n1. The highest BCUT2D eigenvalue weighted by Gasteiger charge is 2.31. The minimum atomic E-state index is 0.460. The highest BCUT2D eigenvalue weighted by Crippen LogP contribution is 2.52. The van der Waals surface area contributed by atoms with Crippen molar-refractivity contribution in [3.05, 3.63) is 206 Å². The van der Waals surface area contributed by atoms with Gasteiger partial charge in [-0.3, -0.25) is 4.90 Å². The van der Waals surface area contributed by atoms with E-state index in [1.54, 1.807) is 0 Å². The summed E-state index contributed by atoms with van der Waals surface area (Å²) in [5, 5.41) is 9.24. The van der Waals surface area contributed by atoms with E-state index < -0.39 is 0 Å². The summed E-state index contributed by atoms with van der Waals surface area (Å²) in [7, 11) is 0. The number of fused-ring (bicyclic) bond motifs is 11. The number of aryl methyl sites for hydroxylation is 1. The largest absolute Gasteiger partial charge is 0.456 e. The van der Waals surface area contributed by atoms with Crippen LogP contribution in [0.4, 0.5) is 17.3 Å². The molecule has 0 aliphatic carbocycles. The first kappa shape index (κ1) is 36.1. The zero-order valence-electron chi connectivity index (χ0n) is 34.7. The molecule has 1 aliphatic rings. The lowest BCUT2D eigenvalue weighted by Crippen LogP contribution is -2.19. The summed E-state index contributed by atoms with van der Waals surface area (Å²) in [5.41, 5.74) is 10.5. The molecule has 0 fully saturated rings. The molecule has 0 saturated heterocycles. The third-order valence-electron chi connectivity index (χ3n) is 12.5. The molecule has 12 aromatic rings. The maximum Gasteiger partial charge on any atom is 0.239 e. The van der Waals surface area contributed by atoms with Gasteiger partial charge in [-0.15, -0.1) is 0 Å². The maximum atomic E-state index is 6.84. The van der Waals surface area contributed by atoms with E-state index in [9.17, 15) is 0 Å². The monoisotopic (exact) mass is 820 g/mol. The number of para-hydroxylation sites is 2. The second kappa shape index (κ2) is 14.2. The average molecular weight is 821 g/mol. The van der Waals surface area contributed by atoms with Gasteiger partial charge in [0.25, 0.3) is 0 Å². The van der Waals surface area contributed by atoms with Gasteiger partial charge < -0.3 is 9.15 Å². The summed E-state index contributed by atoms with van der Waals surface area (Å²) in [6.45, 7) is 2.15. The number of aromatic nitrogens is 3. The van der Waals surface area contributed by atoms with Crippen molar-refractivity contribution in [2.75, 3.05) is 4.90 Å². The second-order valence-electron chi connectivity index (χ2n) is 16.5. The molecule has 300 valence electrons. The van der Waals surface area contributed by atoms with E-state index in [1.807, 2.05) is 36.4 Å². The lowest BCUT2D eigenvalue weighted by molar-refractivity contribution is 0.477. The van der Waals surface area contributed by atoms with Crippen molar-refractivity contribution in [2.24, 2.45) is 0 Å². The summed E-state index contributed by atoms with van der Waals surface area (Å²) < 4.78 is 13.6. The van der Waals surface area contributed by atoms with Gasteiger partial charge in [-0.2, -0.15) is 9.97 Å². The summed E-state index contributed by atoms with van der Waals surface area (Å²) in [5.74, 6) is 2.94. The maximum absolute atomic E-state index is 6.84. The minimum absolute atomic E-state index is 0.460. The molecule has 0 bridgehead atoms. The summed E-state index contributed by atoms with van der Waals surface area (Å²) in [4.78, 5) is 17.9. The number of hydrogen-bond donors (Lipinski definition) is 0. The lowest BCUT2D eigenvalue weighted by atomic mass is 9.92.